The number of halogens is 4. The van der Waals surface area contributed by atoms with Crippen LogP contribution in [0, 0.1) is 0 Å². The third kappa shape index (κ3) is 5.89. The van der Waals surface area contributed by atoms with E-state index in [-0.39, 0.29) is 5.02 Å². The van der Waals surface area contributed by atoms with E-state index >= 15 is 0 Å². The van der Waals surface area contributed by atoms with Gasteiger partial charge in [-0.3, -0.25) is 0 Å². The van der Waals surface area contributed by atoms with E-state index < -0.39 is 11.7 Å². The molecule has 1 fully saturated rings. The molecule has 0 bridgehead atoms. The molecule has 6 nitrogen and oxygen atoms in total. The minimum absolute atomic E-state index is 0.00704. The summed E-state index contributed by atoms with van der Waals surface area (Å²) >= 11 is 6.11. The zero-order valence-corrected chi connectivity index (χ0v) is 21.9. The molecule has 0 unspecified atom stereocenters. The number of hydrogen-bond donors (Lipinski definition) is 2. The maximum Gasteiger partial charge on any atom is 0.416 e. The molecule has 2 heterocycles. The van der Waals surface area contributed by atoms with Gasteiger partial charge in [0.25, 0.3) is 0 Å². The van der Waals surface area contributed by atoms with Gasteiger partial charge in [-0.25, -0.2) is 4.98 Å². The molecule has 0 aliphatic heterocycles. The first kappa shape index (κ1) is 26.3. The number of aromatic nitrogens is 2. The number of hydrogen-bond acceptors (Lipinski definition) is 6. The summed E-state index contributed by atoms with van der Waals surface area (Å²) in [6, 6.07) is 15.5. The first-order valence-electron chi connectivity index (χ1n) is 12.6. The highest BCUT2D eigenvalue weighted by atomic mass is 35.5. The van der Waals surface area contributed by atoms with Crippen molar-refractivity contribution in [2.45, 2.75) is 50.5 Å². The molecule has 2 aromatic carbocycles. The van der Waals surface area contributed by atoms with Gasteiger partial charge in [0.15, 0.2) is 0 Å². The largest absolute Gasteiger partial charge is 0.460 e. The fourth-order valence-electron chi connectivity index (χ4n) is 4.84. The summed E-state index contributed by atoms with van der Waals surface area (Å²) in [6.45, 7) is 0.529. The Morgan fingerprint density at radius 2 is 1.71 bits per heavy atom. The molecular formula is C28H29ClF3N5O. The van der Waals surface area contributed by atoms with Crippen molar-refractivity contribution in [3.8, 4) is 11.3 Å². The van der Waals surface area contributed by atoms with E-state index in [9.17, 15) is 13.2 Å². The van der Waals surface area contributed by atoms with Crippen molar-refractivity contribution in [2.24, 2.45) is 0 Å². The lowest BCUT2D eigenvalue weighted by Crippen LogP contribution is -2.36. The van der Waals surface area contributed by atoms with Gasteiger partial charge in [-0.05, 0) is 68.1 Å². The van der Waals surface area contributed by atoms with Crippen LogP contribution in [0.2, 0.25) is 5.02 Å². The number of alkyl halides is 3. The van der Waals surface area contributed by atoms with Gasteiger partial charge in [-0.1, -0.05) is 23.7 Å². The fourth-order valence-corrected chi connectivity index (χ4v) is 5.12. The van der Waals surface area contributed by atoms with E-state index in [0.29, 0.717) is 41.7 Å². The van der Waals surface area contributed by atoms with Crippen molar-refractivity contribution in [1.82, 2.24) is 15.3 Å². The minimum atomic E-state index is -4.44. The number of furan rings is 1. The third-order valence-electron chi connectivity index (χ3n) is 6.86. The summed E-state index contributed by atoms with van der Waals surface area (Å²) in [7, 11) is 3.96. The number of nitrogens with one attached hydrogen (secondary N) is 2. The molecule has 10 heteroatoms. The molecule has 2 aromatic heterocycles. The highest BCUT2D eigenvalue weighted by Gasteiger charge is 2.31. The van der Waals surface area contributed by atoms with Crippen molar-refractivity contribution in [1.29, 1.82) is 0 Å². The number of nitrogens with zero attached hydrogens (tertiary/aromatic N) is 3. The lowest BCUT2D eigenvalue weighted by Gasteiger charge is -2.30. The second-order valence-corrected chi connectivity index (χ2v) is 10.2. The summed E-state index contributed by atoms with van der Waals surface area (Å²) < 4.78 is 44.6. The Hall–Kier alpha value is -3.30. The van der Waals surface area contributed by atoms with Crippen LogP contribution in [0.5, 0.6) is 0 Å². The van der Waals surface area contributed by atoms with Crippen LogP contribution in [0.4, 0.5) is 24.9 Å². The molecule has 2 N–H and O–H groups in total. The Morgan fingerprint density at radius 1 is 0.974 bits per heavy atom. The van der Waals surface area contributed by atoms with Gasteiger partial charge >= 0.3 is 6.18 Å². The molecule has 1 saturated carbocycles. The molecule has 0 radical (unpaired) electrons. The van der Waals surface area contributed by atoms with Gasteiger partial charge < -0.3 is 20.0 Å². The lowest BCUT2D eigenvalue weighted by atomic mass is 9.91. The molecule has 0 spiro atoms. The second-order valence-electron chi connectivity index (χ2n) is 9.81. The standard InChI is InChI=1S/C28H29ClF3N5O/c1-37(2)26-22-5-3-4-6-24(22)35-27(36-26)34-19-10-8-18(9-11-19)33-16-20-12-14-25(38-20)21-13-7-17(15-23(21)29)28(30,31)32/h3-7,12-15,18-19,33H,8-11,16H2,1-2H3,(H,34,35,36)/t18-,19+. The van der Waals surface area contributed by atoms with E-state index in [2.05, 4.69) is 10.6 Å². The smallest absolute Gasteiger partial charge is 0.416 e. The van der Waals surface area contributed by atoms with Gasteiger partial charge in [0.2, 0.25) is 5.95 Å². The molecule has 1 aliphatic carbocycles. The van der Waals surface area contributed by atoms with Crippen LogP contribution in [0.15, 0.2) is 59.0 Å². The van der Waals surface area contributed by atoms with Crippen LogP contribution in [0.3, 0.4) is 0 Å². The topological polar surface area (TPSA) is 66.2 Å². The Bertz CT molecular complexity index is 1410. The van der Waals surface area contributed by atoms with Crippen molar-refractivity contribution >= 4 is 34.3 Å². The van der Waals surface area contributed by atoms with Gasteiger partial charge in [0.1, 0.15) is 17.3 Å². The molecule has 200 valence electrons. The first-order valence-corrected chi connectivity index (χ1v) is 12.9. The summed E-state index contributed by atoms with van der Waals surface area (Å²) in [5, 5.41) is 8.09. The maximum absolute atomic E-state index is 12.9. The van der Waals surface area contributed by atoms with Gasteiger partial charge in [-0.15, -0.1) is 0 Å². The molecular weight excluding hydrogens is 515 g/mol. The summed E-state index contributed by atoms with van der Waals surface area (Å²) in [4.78, 5) is 11.5. The number of anilines is 2. The van der Waals surface area contributed by atoms with Crippen LogP contribution < -0.4 is 15.5 Å². The van der Waals surface area contributed by atoms with Gasteiger partial charge in [0.05, 0.1) is 22.6 Å². The van der Waals surface area contributed by atoms with Gasteiger partial charge in [-0.2, -0.15) is 18.2 Å². The Kier molecular flexibility index (Phi) is 7.49. The molecule has 4 aromatic rings. The molecule has 38 heavy (non-hydrogen) atoms. The molecule has 1 aliphatic rings. The van der Waals surface area contributed by atoms with Crippen LogP contribution >= 0.6 is 11.6 Å². The predicted molar refractivity (Wildman–Crippen MR) is 145 cm³/mol. The Labute approximate surface area is 224 Å². The molecule has 5 rings (SSSR count). The highest BCUT2D eigenvalue weighted by Crippen LogP contribution is 2.36. The Morgan fingerprint density at radius 3 is 2.42 bits per heavy atom. The van der Waals surface area contributed by atoms with E-state index in [4.69, 9.17) is 26.0 Å². The van der Waals surface area contributed by atoms with Crippen LogP contribution in [-0.2, 0) is 12.7 Å². The maximum atomic E-state index is 12.9. The fraction of sp³-hybridized carbons (Fsp3) is 0.357. The number of benzene rings is 2. The monoisotopic (exact) mass is 543 g/mol. The van der Waals surface area contributed by atoms with Crippen molar-refractivity contribution < 1.29 is 17.6 Å². The normalized spacial score (nSPS) is 18.1. The van der Waals surface area contributed by atoms with Crippen molar-refractivity contribution in [3.63, 3.8) is 0 Å². The second kappa shape index (κ2) is 10.8. The third-order valence-corrected chi connectivity index (χ3v) is 7.17. The minimum Gasteiger partial charge on any atom is -0.460 e. The summed E-state index contributed by atoms with van der Waals surface area (Å²) in [5.74, 6) is 2.69. The van der Waals surface area contributed by atoms with Crippen molar-refractivity contribution in [3.05, 3.63) is 70.9 Å². The van der Waals surface area contributed by atoms with Crippen LogP contribution in [0.1, 0.15) is 37.0 Å². The average Bonchev–Trinajstić information content (AvgIpc) is 3.36. The predicted octanol–water partition coefficient (Wildman–Crippen LogP) is 7.14. The van der Waals surface area contributed by atoms with Crippen molar-refractivity contribution in [2.75, 3.05) is 24.3 Å². The van der Waals surface area contributed by atoms with E-state index in [1.807, 2.05) is 49.3 Å². The number of fused-ring (bicyclic) bond motifs is 1. The first-order chi connectivity index (χ1) is 18.2. The van der Waals surface area contributed by atoms with Crippen LogP contribution in [0.25, 0.3) is 22.2 Å². The lowest BCUT2D eigenvalue weighted by molar-refractivity contribution is -0.137. The zero-order valence-electron chi connectivity index (χ0n) is 21.1. The molecule has 0 amide bonds. The summed E-state index contributed by atoms with van der Waals surface area (Å²) in [6.07, 6.45) is -0.494. The zero-order chi connectivity index (χ0) is 26.9. The average molecular weight is 544 g/mol. The quantitative estimate of drug-likeness (QED) is 0.258. The van der Waals surface area contributed by atoms with E-state index in [1.54, 1.807) is 6.07 Å². The van der Waals surface area contributed by atoms with Gasteiger partial charge in [0, 0.05) is 37.1 Å². The Balaban J connectivity index is 1.15. The number of para-hydroxylation sites is 1. The summed E-state index contributed by atoms with van der Waals surface area (Å²) in [5.41, 5.74) is 0.570. The highest BCUT2D eigenvalue weighted by molar-refractivity contribution is 6.33. The SMILES string of the molecule is CN(C)c1nc(N[C@H]2CC[C@@H](NCc3ccc(-c4ccc(C(F)(F)F)cc4Cl)o3)CC2)nc2ccccc12. The molecule has 0 saturated heterocycles. The van der Waals surface area contributed by atoms with Crippen LogP contribution in [-0.4, -0.2) is 36.1 Å². The van der Waals surface area contributed by atoms with E-state index in [0.717, 1.165) is 54.5 Å². The number of rotatable bonds is 7. The molecule has 0 atom stereocenters. The van der Waals surface area contributed by atoms with E-state index in [1.165, 1.54) is 6.07 Å².